The molecule has 0 radical (unpaired) electrons. The second-order valence-corrected chi connectivity index (χ2v) is 7.53. The van der Waals surface area contributed by atoms with E-state index in [4.69, 9.17) is 0 Å². The van der Waals surface area contributed by atoms with E-state index in [-0.39, 0.29) is 0 Å². The maximum atomic E-state index is 3.75. The average molecular weight is 238 g/mol. The van der Waals surface area contributed by atoms with Crippen LogP contribution < -0.4 is 0 Å². The fourth-order valence-corrected chi connectivity index (χ4v) is 3.41. The monoisotopic (exact) mass is 238 g/mol. The van der Waals surface area contributed by atoms with Gasteiger partial charge in [-0.05, 0) is 11.1 Å². The Labute approximate surface area is 101 Å². The molecule has 0 amide bonds. The summed E-state index contributed by atoms with van der Waals surface area (Å²) in [5.41, 5.74) is 2.56. The first-order chi connectivity index (χ1) is 7.01. The highest BCUT2D eigenvalue weighted by Crippen LogP contribution is 2.36. The minimum atomic E-state index is 0.339. The molecule has 0 bridgehead atoms. The first-order valence-corrected chi connectivity index (χ1v) is 7.35. The lowest BCUT2D eigenvalue weighted by molar-refractivity contribution is 0.810. The predicted molar refractivity (Wildman–Crippen MR) is 75.2 cm³/mol. The van der Waals surface area contributed by atoms with Gasteiger partial charge in [0.05, 0.1) is 0 Å². The summed E-state index contributed by atoms with van der Waals surface area (Å²) in [6, 6.07) is 8.58. The molecular formula is C13H18S2. The molecule has 0 N–H and O–H groups in total. The molecule has 82 valence electrons. The number of rotatable bonds is 4. The number of hydrogen-bond acceptors (Lipinski definition) is 2. The minimum absolute atomic E-state index is 0.339. The molecule has 0 heterocycles. The normalized spacial score (nSPS) is 11.4. The van der Waals surface area contributed by atoms with Crippen molar-refractivity contribution < 1.29 is 0 Å². The summed E-state index contributed by atoms with van der Waals surface area (Å²) in [7, 11) is 3.85. The molecule has 0 nitrogen and oxygen atoms in total. The third-order valence-corrected chi connectivity index (χ3v) is 5.03. The van der Waals surface area contributed by atoms with Gasteiger partial charge in [0.1, 0.15) is 0 Å². The Balaban J connectivity index is 2.41. The molecule has 0 unspecified atom stereocenters. The van der Waals surface area contributed by atoms with Crippen molar-refractivity contribution in [3.63, 3.8) is 0 Å². The van der Waals surface area contributed by atoms with E-state index in [1.807, 2.05) is 27.7 Å². The Morgan fingerprint density at radius 1 is 1.20 bits per heavy atom. The summed E-state index contributed by atoms with van der Waals surface area (Å²) in [6.07, 6.45) is 1.88. The van der Waals surface area contributed by atoms with Gasteiger partial charge in [-0.3, -0.25) is 0 Å². The molecule has 0 aromatic heterocycles. The zero-order chi connectivity index (χ0) is 11.3. The van der Waals surface area contributed by atoms with Gasteiger partial charge >= 0.3 is 0 Å². The fourth-order valence-electron chi connectivity index (χ4n) is 1.02. The van der Waals surface area contributed by atoms with Crippen molar-refractivity contribution in [2.75, 3.05) is 0 Å². The SMILES string of the molecule is C=Cc1ccc(CSSC(C)(C)C)cc1. The predicted octanol–water partition coefficient (Wildman–Crippen LogP) is 5.01. The third-order valence-electron chi connectivity index (χ3n) is 1.75. The Morgan fingerprint density at radius 2 is 1.80 bits per heavy atom. The lowest BCUT2D eigenvalue weighted by Crippen LogP contribution is -2.04. The van der Waals surface area contributed by atoms with Crippen molar-refractivity contribution in [2.24, 2.45) is 0 Å². The highest BCUT2D eigenvalue weighted by molar-refractivity contribution is 8.76. The third kappa shape index (κ3) is 5.33. The number of hydrogen-bond donors (Lipinski definition) is 0. The number of benzene rings is 1. The van der Waals surface area contributed by atoms with Crippen molar-refractivity contribution in [1.29, 1.82) is 0 Å². The molecule has 1 aromatic rings. The Bertz CT molecular complexity index is 306. The van der Waals surface area contributed by atoms with Crippen molar-refractivity contribution >= 4 is 27.7 Å². The molecule has 0 fully saturated rings. The van der Waals surface area contributed by atoms with E-state index in [9.17, 15) is 0 Å². The summed E-state index contributed by atoms with van der Waals surface area (Å²) in [4.78, 5) is 0. The van der Waals surface area contributed by atoms with Crippen LogP contribution in [0.3, 0.4) is 0 Å². The minimum Gasteiger partial charge on any atom is -0.0985 e. The van der Waals surface area contributed by atoms with Gasteiger partial charge in [-0.2, -0.15) is 0 Å². The van der Waals surface area contributed by atoms with E-state index in [1.54, 1.807) is 0 Å². The molecule has 15 heavy (non-hydrogen) atoms. The van der Waals surface area contributed by atoms with E-state index in [1.165, 1.54) is 11.1 Å². The Kier molecular flexibility index (Phi) is 4.81. The van der Waals surface area contributed by atoms with Crippen LogP contribution in [-0.2, 0) is 5.75 Å². The van der Waals surface area contributed by atoms with Crippen molar-refractivity contribution in [3.05, 3.63) is 42.0 Å². The molecule has 0 aliphatic heterocycles. The first-order valence-electron chi connectivity index (χ1n) is 5.03. The quantitative estimate of drug-likeness (QED) is 0.676. The van der Waals surface area contributed by atoms with E-state index in [2.05, 4.69) is 51.6 Å². The highest BCUT2D eigenvalue weighted by atomic mass is 33.1. The second kappa shape index (κ2) is 5.66. The summed E-state index contributed by atoms with van der Waals surface area (Å²) < 4.78 is 0.339. The first kappa shape index (κ1) is 12.7. The average Bonchev–Trinajstić information content (AvgIpc) is 2.17. The molecule has 0 saturated heterocycles. The zero-order valence-electron chi connectivity index (χ0n) is 9.62. The van der Waals surface area contributed by atoms with Crippen LogP contribution in [0.2, 0.25) is 0 Å². The van der Waals surface area contributed by atoms with Gasteiger partial charge in [0.25, 0.3) is 0 Å². The van der Waals surface area contributed by atoms with Gasteiger partial charge in [0.2, 0.25) is 0 Å². The lowest BCUT2D eigenvalue weighted by Gasteiger charge is -2.16. The molecule has 0 aliphatic rings. The molecule has 1 aromatic carbocycles. The van der Waals surface area contributed by atoms with E-state index in [0.717, 1.165) is 5.75 Å². The summed E-state index contributed by atoms with van der Waals surface area (Å²) >= 11 is 0. The van der Waals surface area contributed by atoms with Crippen molar-refractivity contribution in [1.82, 2.24) is 0 Å². The topological polar surface area (TPSA) is 0 Å². The molecule has 0 aliphatic carbocycles. The van der Waals surface area contributed by atoms with Crippen LogP contribution in [0.25, 0.3) is 6.08 Å². The Hall–Kier alpha value is -0.340. The van der Waals surface area contributed by atoms with E-state index >= 15 is 0 Å². The molecule has 0 atom stereocenters. The molecule has 2 heteroatoms. The van der Waals surface area contributed by atoms with E-state index < -0.39 is 0 Å². The van der Waals surface area contributed by atoms with Crippen LogP contribution in [0.1, 0.15) is 31.9 Å². The smallest absolute Gasteiger partial charge is 0.0288 e. The van der Waals surface area contributed by atoms with Gasteiger partial charge in [-0.1, -0.05) is 79.3 Å². The zero-order valence-corrected chi connectivity index (χ0v) is 11.3. The van der Waals surface area contributed by atoms with Crippen LogP contribution in [0, 0.1) is 0 Å². The van der Waals surface area contributed by atoms with Gasteiger partial charge in [-0.25, -0.2) is 0 Å². The lowest BCUT2D eigenvalue weighted by atomic mass is 10.1. The largest absolute Gasteiger partial charge is 0.0985 e. The van der Waals surface area contributed by atoms with Gasteiger partial charge in [0, 0.05) is 10.5 Å². The van der Waals surface area contributed by atoms with Crippen LogP contribution in [-0.4, -0.2) is 4.75 Å². The highest BCUT2D eigenvalue weighted by Gasteiger charge is 2.10. The molecule has 0 saturated carbocycles. The molecule has 1 rings (SSSR count). The maximum absolute atomic E-state index is 3.75. The van der Waals surface area contributed by atoms with Crippen LogP contribution in [0.4, 0.5) is 0 Å². The van der Waals surface area contributed by atoms with E-state index in [0.29, 0.717) is 4.75 Å². The van der Waals surface area contributed by atoms with Crippen LogP contribution >= 0.6 is 21.6 Å². The molecule has 0 spiro atoms. The van der Waals surface area contributed by atoms with Gasteiger partial charge < -0.3 is 0 Å². The summed E-state index contributed by atoms with van der Waals surface area (Å²) in [5, 5.41) is 0. The van der Waals surface area contributed by atoms with Crippen LogP contribution in [0.15, 0.2) is 30.8 Å². The summed E-state index contributed by atoms with van der Waals surface area (Å²) in [5.74, 6) is 1.07. The fraction of sp³-hybridized carbons (Fsp3) is 0.385. The second-order valence-electron chi connectivity index (χ2n) is 4.40. The standard InChI is InChI=1S/C13H18S2/c1-5-11-6-8-12(9-7-11)10-14-15-13(2,3)4/h5-9H,1,10H2,2-4H3. The maximum Gasteiger partial charge on any atom is 0.0288 e. The Morgan fingerprint density at radius 3 is 2.27 bits per heavy atom. The van der Waals surface area contributed by atoms with Crippen molar-refractivity contribution in [3.8, 4) is 0 Å². The summed E-state index contributed by atoms with van der Waals surface area (Å²) in [6.45, 7) is 10.5. The van der Waals surface area contributed by atoms with Gasteiger partial charge in [0.15, 0.2) is 0 Å². The molecular weight excluding hydrogens is 220 g/mol. The van der Waals surface area contributed by atoms with Crippen LogP contribution in [0.5, 0.6) is 0 Å². The van der Waals surface area contributed by atoms with Crippen molar-refractivity contribution in [2.45, 2.75) is 31.3 Å². The van der Waals surface area contributed by atoms with Gasteiger partial charge in [-0.15, -0.1) is 0 Å².